The van der Waals surface area contributed by atoms with Gasteiger partial charge in [-0.25, -0.2) is 4.39 Å². The van der Waals surface area contributed by atoms with Crippen molar-refractivity contribution in [2.75, 3.05) is 13.7 Å². The molecule has 0 spiro atoms. The van der Waals surface area contributed by atoms with Gasteiger partial charge < -0.3 is 9.47 Å². The van der Waals surface area contributed by atoms with Crippen LogP contribution in [0, 0.1) is 5.82 Å². The Morgan fingerprint density at radius 3 is 2.82 bits per heavy atom. The molecule has 0 aliphatic carbocycles. The summed E-state index contributed by atoms with van der Waals surface area (Å²) >= 11 is 0. The smallest absolute Gasteiger partial charge is 0.309 e. The molecule has 0 atom stereocenters. The molecule has 1 aromatic carbocycles. The van der Waals surface area contributed by atoms with E-state index < -0.39 is 0 Å². The predicted octanol–water partition coefficient (Wildman–Crippen LogP) is 2.80. The van der Waals surface area contributed by atoms with Gasteiger partial charge in [0.05, 0.1) is 20.1 Å². The lowest BCUT2D eigenvalue weighted by molar-refractivity contribution is -0.139. The highest BCUT2D eigenvalue weighted by atomic mass is 19.1. The topological polar surface area (TPSA) is 35.5 Å². The number of benzene rings is 1. The molecule has 0 N–H and O–H groups in total. The molecular weight excluding hydrogens is 223 g/mol. The summed E-state index contributed by atoms with van der Waals surface area (Å²) in [6.45, 7) is 2.33. The molecule has 0 fully saturated rings. The molecule has 4 heteroatoms. The van der Waals surface area contributed by atoms with E-state index in [0.29, 0.717) is 17.9 Å². The number of carbonyl (C=O) groups excluding carboxylic acids is 1. The minimum atomic E-state index is -0.378. The second kappa shape index (κ2) is 6.68. The molecule has 92 valence electrons. The first-order valence-electron chi connectivity index (χ1n) is 5.33. The van der Waals surface area contributed by atoms with Gasteiger partial charge in [0, 0.05) is 11.6 Å². The molecule has 17 heavy (non-hydrogen) atoms. The molecule has 0 aliphatic rings. The first kappa shape index (κ1) is 13.2. The maximum Gasteiger partial charge on any atom is 0.309 e. The van der Waals surface area contributed by atoms with Crippen LogP contribution in [0.5, 0.6) is 5.75 Å². The highest BCUT2D eigenvalue weighted by molar-refractivity contribution is 5.72. The summed E-state index contributed by atoms with van der Waals surface area (Å²) in [5.41, 5.74) is 0.414. The normalized spacial score (nSPS) is 10.5. The van der Waals surface area contributed by atoms with Crippen molar-refractivity contribution in [2.45, 2.75) is 13.3 Å². The molecule has 0 saturated heterocycles. The SMILES string of the molecule is CCOc1ccc(C=CCC(=O)OC)c(F)c1. The third kappa shape index (κ3) is 4.26. The van der Waals surface area contributed by atoms with Crippen LogP contribution in [0.1, 0.15) is 18.9 Å². The minimum Gasteiger partial charge on any atom is -0.494 e. The third-order valence-electron chi connectivity index (χ3n) is 2.09. The number of methoxy groups -OCH3 is 1. The molecule has 1 aromatic rings. The maximum atomic E-state index is 13.5. The van der Waals surface area contributed by atoms with Crippen molar-refractivity contribution >= 4 is 12.0 Å². The Balaban J connectivity index is 2.68. The van der Waals surface area contributed by atoms with Crippen LogP contribution in [-0.2, 0) is 9.53 Å². The summed E-state index contributed by atoms with van der Waals surface area (Å²) in [6, 6.07) is 4.61. The quantitative estimate of drug-likeness (QED) is 0.740. The lowest BCUT2D eigenvalue weighted by atomic mass is 10.2. The van der Waals surface area contributed by atoms with Crippen LogP contribution in [0.15, 0.2) is 24.3 Å². The fraction of sp³-hybridized carbons (Fsp3) is 0.308. The summed E-state index contributed by atoms with van der Waals surface area (Å²) in [5, 5.41) is 0. The minimum absolute atomic E-state index is 0.128. The average Bonchev–Trinajstić information content (AvgIpc) is 2.32. The molecule has 0 unspecified atom stereocenters. The van der Waals surface area contributed by atoms with E-state index in [-0.39, 0.29) is 18.2 Å². The Labute approximate surface area is 99.9 Å². The molecule has 0 amide bonds. The number of rotatable bonds is 5. The summed E-state index contributed by atoms with van der Waals surface area (Å²) < 4.78 is 23.2. The first-order valence-corrected chi connectivity index (χ1v) is 5.33. The first-order chi connectivity index (χ1) is 8.17. The van der Waals surface area contributed by atoms with E-state index in [0.717, 1.165) is 0 Å². The largest absolute Gasteiger partial charge is 0.494 e. The Bertz CT molecular complexity index is 413. The lowest BCUT2D eigenvalue weighted by Gasteiger charge is -2.04. The number of hydrogen-bond acceptors (Lipinski definition) is 3. The van der Waals surface area contributed by atoms with Gasteiger partial charge in [0.2, 0.25) is 0 Å². The van der Waals surface area contributed by atoms with E-state index in [1.807, 2.05) is 6.92 Å². The fourth-order valence-corrected chi connectivity index (χ4v) is 1.26. The van der Waals surface area contributed by atoms with Crippen molar-refractivity contribution < 1.29 is 18.7 Å². The molecule has 0 heterocycles. The fourth-order valence-electron chi connectivity index (χ4n) is 1.26. The summed E-state index contributed by atoms with van der Waals surface area (Å²) in [5.74, 6) is -0.236. The summed E-state index contributed by atoms with van der Waals surface area (Å²) in [4.78, 5) is 10.8. The molecule has 0 aliphatic heterocycles. The Kier molecular flexibility index (Phi) is 5.20. The van der Waals surface area contributed by atoms with Gasteiger partial charge in [-0.05, 0) is 19.1 Å². The van der Waals surface area contributed by atoms with Crippen LogP contribution in [0.25, 0.3) is 6.08 Å². The van der Waals surface area contributed by atoms with Crippen LogP contribution in [0.2, 0.25) is 0 Å². The molecular formula is C13H15FO3. The highest BCUT2D eigenvalue weighted by Crippen LogP contribution is 2.17. The molecule has 0 bridgehead atoms. The van der Waals surface area contributed by atoms with Gasteiger partial charge in [-0.15, -0.1) is 0 Å². The Morgan fingerprint density at radius 2 is 2.24 bits per heavy atom. The van der Waals surface area contributed by atoms with Crippen LogP contribution >= 0.6 is 0 Å². The molecule has 0 aromatic heterocycles. The number of esters is 1. The van der Waals surface area contributed by atoms with Crippen LogP contribution in [0.3, 0.4) is 0 Å². The number of ether oxygens (including phenoxy) is 2. The van der Waals surface area contributed by atoms with Gasteiger partial charge in [0.25, 0.3) is 0 Å². The van der Waals surface area contributed by atoms with Gasteiger partial charge >= 0.3 is 5.97 Å². The molecule has 1 rings (SSSR count). The van der Waals surface area contributed by atoms with Crippen molar-refractivity contribution in [3.05, 3.63) is 35.7 Å². The van der Waals surface area contributed by atoms with Gasteiger partial charge in [0.15, 0.2) is 0 Å². The maximum absolute atomic E-state index is 13.5. The van der Waals surface area contributed by atoms with Crippen molar-refractivity contribution in [1.82, 2.24) is 0 Å². The molecule has 0 radical (unpaired) electrons. The molecule has 0 saturated carbocycles. The van der Waals surface area contributed by atoms with E-state index in [1.54, 1.807) is 24.3 Å². The van der Waals surface area contributed by atoms with Gasteiger partial charge in [0.1, 0.15) is 11.6 Å². The lowest BCUT2D eigenvalue weighted by Crippen LogP contribution is -1.96. The second-order valence-corrected chi connectivity index (χ2v) is 3.30. The predicted molar refractivity (Wildman–Crippen MR) is 63.2 cm³/mol. The average molecular weight is 238 g/mol. The van der Waals surface area contributed by atoms with Gasteiger partial charge in [-0.1, -0.05) is 12.2 Å². The van der Waals surface area contributed by atoms with Gasteiger partial charge in [-0.3, -0.25) is 4.79 Å². The van der Waals surface area contributed by atoms with Crippen LogP contribution in [0.4, 0.5) is 4.39 Å². The Hall–Kier alpha value is -1.84. The monoisotopic (exact) mass is 238 g/mol. The summed E-state index contributed by atoms with van der Waals surface area (Å²) in [6.07, 6.45) is 3.23. The number of hydrogen-bond donors (Lipinski definition) is 0. The zero-order chi connectivity index (χ0) is 12.7. The van der Waals surface area contributed by atoms with E-state index >= 15 is 0 Å². The standard InChI is InChI=1S/C13H15FO3/c1-3-17-11-8-7-10(12(14)9-11)5-4-6-13(15)16-2/h4-5,7-9H,3,6H2,1-2H3. The number of halogens is 1. The van der Waals surface area contributed by atoms with Crippen molar-refractivity contribution in [3.63, 3.8) is 0 Å². The number of carbonyl (C=O) groups is 1. The van der Waals surface area contributed by atoms with Crippen molar-refractivity contribution in [1.29, 1.82) is 0 Å². The molecule has 3 nitrogen and oxygen atoms in total. The zero-order valence-electron chi connectivity index (χ0n) is 9.90. The van der Waals surface area contributed by atoms with Crippen LogP contribution in [-0.4, -0.2) is 19.7 Å². The highest BCUT2D eigenvalue weighted by Gasteiger charge is 2.01. The van der Waals surface area contributed by atoms with Crippen LogP contribution < -0.4 is 4.74 Å². The van der Waals surface area contributed by atoms with E-state index in [4.69, 9.17) is 4.74 Å². The second-order valence-electron chi connectivity index (χ2n) is 3.30. The zero-order valence-corrected chi connectivity index (χ0v) is 9.90. The van der Waals surface area contributed by atoms with Gasteiger partial charge in [-0.2, -0.15) is 0 Å². The Morgan fingerprint density at radius 1 is 1.47 bits per heavy atom. The van der Waals surface area contributed by atoms with E-state index in [2.05, 4.69) is 4.74 Å². The third-order valence-corrected chi connectivity index (χ3v) is 2.09. The van der Waals surface area contributed by atoms with E-state index in [1.165, 1.54) is 13.2 Å². The van der Waals surface area contributed by atoms with Crippen molar-refractivity contribution in [2.24, 2.45) is 0 Å². The van der Waals surface area contributed by atoms with Crippen molar-refractivity contribution in [3.8, 4) is 5.75 Å². The summed E-state index contributed by atoms with van der Waals surface area (Å²) in [7, 11) is 1.31. The van der Waals surface area contributed by atoms with E-state index in [9.17, 15) is 9.18 Å².